The van der Waals surface area contributed by atoms with Gasteiger partial charge >= 0.3 is 5.97 Å². The van der Waals surface area contributed by atoms with Gasteiger partial charge in [0.25, 0.3) is 5.91 Å². The number of nitrogens with zero attached hydrogens (tertiary/aromatic N) is 1. The lowest BCUT2D eigenvalue weighted by atomic mass is 9.92. The maximum Gasteiger partial charge on any atom is 0.308 e. The number of anilines is 3. The van der Waals surface area contributed by atoms with Gasteiger partial charge < -0.3 is 20.7 Å². The Bertz CT molecular complexity index is 1550. The van der Waals surface area contributed by atoms with Gasteiger partial charge in [-0.2, -0.15) is 4.31 Å². The Kier molecular flexibility index (Phi) is 9.15. The molecule has 214 valence electrons. The molecule has 1 aliphatic heterocycles. The molecule has 0 aromatic heterocycles. The van der Waals surface area contributed by atoms with Crippen molar-refractivity contribution < 1.29 is 32.3 Å². The third-order valence-corrected chi connectivity index (χ3v) is 8.28. The molecule has 41 heavy (non-hydrogen) atoms. The second kappa shape index (κ2) is 12.7. The summed E-state index contributed by atoms with van der Waals surface area (Å²) in [5.74, 6) is -1.80. The van der Waals surface area contributed by atoms with E-state index in [1.807, 2.05) is 12.1 Å². The number of esters is 1. The van der Waals surface area contributed by atoms with Crippen LogP contribution in [0.5, 0.6) is 0 Å². The molecular formula is C29H30N4O7S. The quantitative estimate of drug-likeness (QED) is 0.329. The van der Waals surface area contributed by atoms with Crippen molar-refractivity contribution in [3.05, 3.63) is 83.9 Å². The minimum atomic E-state index is -4.02. The van der Waals surface area contributed by atoms with Crippen LogP contribution in [0.25, 0.3) is 0 Å². The fourth-order valence-corrected chi connectivity index (χ4v) is 6.18. The molecule has 3 aromatic rings. The van der Waals surface area contributed by atoms with E-state index in [1.54, 1.807) is 36.4 Å². The van der Waals surface area contributed by atoms with Crippen molar-refractivity contribution >= 4 is 50.8 Å². The minimum absolute atomic E-state index is 0.0215. The van der Waals surface area contributed by atoms with Gasteiger partial charge in [-0.3, -0.25) is 19.2 Å². The smallest absolute Gasteiger partial charge is 0.308 e. The van der Waals surface area contributed by atoms with Gasteiger partial charge in [-0.15, -0.1) is 0 Å². The lowest BCUT2D eigenvalue weighted by Crippen LogP contribution is -2.41. The van der Waals surface area contributed by atoms with Crippen LogP contribution in [-0.4, -0.2) is 49.6 Å². The van der Waals surface area contributed by atoms with Gasteiger partial charge in [0.15, 0.2) is 6.61 Å². The average molecular weight is 579 g/mol. The van der Waals surface area contributed by atoms with Crippen LogP contribution in [0, 0.1) is 0 Å². The molecule has 0 bridgehead atoms. The molecule has 3 N–H and O–H groups in total. The van der Waals surface area contributed by atoms with E-state index in [4.69, 9.17) is 4.74 Å². The Morgan fingerprint density at radius 2 is 1.34 bits per heavy atom. The Morgan fingerprint density at radius 3 is 1.93 bits per heavy atom. The van der Waals surface area contributed by atoms with Gasteiger partial charge in [0.1, 0.15) is 0 Å². The molecular weight excluding hydrogens is 548 g/mol. The fraction of sp³-hybridized carbons (Fsp3) is 0.241. The standard InChI is InChI=1S/C29H30N4O7S/c1-19(34)30-22-7-9-24(10-8-22)32-28(36)18-40-29(37)17-27-26-6-4-3-5-21(26)15-16-33(27)41(38,39)25-13-11-23(12-14-25)31-20(2)35/h3-14,27H,15-18H2,1-2H3,(H,30,34)(H,31,35)(H,32,36). The molecule has 0 spiro atoms. The first-order valence-corrected chi connectivity index (χ1v) is 14.3. The van der Waals surface area contributed by atoms with E-state index in [0.717, 1.165) is 5.56 Å². The van der Waals surface area contributed by atoms with Gasteiger partial charge in [0.05, 0.1) is 17.4 Å². The Labute approximate surface area is 237 Å². The molecule has 0 fully saturated rings. The summed E-state index contributed by atoms with van der Waals surface area (Å²) >= 11 is 0. The number of amides is 3. The summed E-state index contributed by atoms with van der Waals surface area (Å²) in [6.45, 7) is 2.34. The molecule has 12 heteroatoms. The molecule has 1 atom stereocenters. The average Bonchev–Trinajstić information content (AvgIpc) is 2.93. The topological polar surface area (TPSA) is 151 Å². The molecule has 4 rings (SSSR count). The third-order valence-electron chi connectivity index (χ3n) is 6.36. The van der Waals surface area contributed by atoms with Gasteiger partial charge in [-0.1, -0.05) is 24.3 Å². The van der Waals surface area contributed by atoms with E-state index in [2.05, 4.69) is 16.0 Å². The first-order valence-electron chi connectivity index (χ1n) is 12.8. The lowest BCUT2D eigenvalue weighted by Gasteiger charge is -2.36. The molecule has 1 unspecified atom stereocenters. The summed E-state index contributed by atoms with van der Waals surface area (Å²) < 4.78 is 33.8. The van der Waals surface area contributed by atoms with Crippen molar-refractivity contribution in [2.45, 2.75) is 37.6 Å². The molecule has 0 saturated carbocycles. The van der Waals surface area contributed by atoms with Crippen LogP contribution in [-0.2, 0) is 40.4 Å². The molecule has 0 saturated heterocycles. The Morgan fingerprint density at radius 1 is 0.805 bits per heavy atom. The summed E-state index contributed by atoms with van der Waals surface area (Å²) in [6, 6.07) is 18.7. The first-order chi connectivity index (χ1) is 19.5. The summed E-state index contributed by atoms with van der Waals surface area (Å²) in [7, 11) is -4.02. The van der Waals surface area contributed by atoms with Crippen LogP contribution < -0.4 is 16.0 Å². The van der Waals surface area contributed by atoms with E-state index in [1.165, 1.54) is 42.4 Å². The predicted molar refractivity (Wildman–Crippen MR) is 152 cm³/mol. The van der Waals surface area contributed by atoms with Gasteiger partial charge in [-0.05, 0) is 66.1 Å². The van der Waals surface area contributed by atoms with Gasteiger partial charge in [-0.25, -0.2) is 8.42 Å². The molecule has 0 aliphatic carbocycles. The van der Waals surface area contributed by atoms with Crippen molar-refractivity contribution in [2.75, 3.05) is 29.1 Å². The number of hydrogen-bond acceptors (Lipinski definition) is 7. The third kappa shape index (κ3) is 7.56. The van der Waals surface area contributed by atoms with E-state index in [9.17, 15) is 27.6 Å². The maximum absolute atomic E-state index is 13.7. The zero-order chi connectivity index (χ0) is 29.6. The number of ether oxygens (including phenoxy) is 1. The Balaban J connectivity index is 1.45. The number of benzene rings is 3. The second-order valence-corrected chi connectivity index (χ2v) is 11.3. The minimum Gasteiger partial charge on any atom is -0.456 e. The Hall–Kier alpha value is -4.55. The largest absolute Gasteiger partial charge is 0.456 e. The highest BCUT2D eigenvalue weighted by Crippen LogP contribution is 2.36. The monoisotopic (exact) mass is 578 g/mol. The van der Waals surface area contributed by atoms with Crippen LogP contribution in [0.2, 0.25) is 0 Å². The van der Waals surface area contributed by atoms with E-state index in [-0.39, 0.29) is 29.7 Å². The lowest BCUT2D eigenvalue weighted by molar-refractivity contribution is -0.148. The van der Waals surface area contributed by atoms with Crippen LogP contribution in [0.1, 0.15) is 37.4 Å². The zero-order valence-corrected chi connectivity index (χ0v) is 23.4. The predicted octanol–water partition coefficient (Wildman–Crippen LogP) is 3.46. The molecule has 3 aromatic carbocycles. The van der Waals surface area contributed by atoms with E-state index < -0.39 is 34.5 Å². The fourth-order valence-electron chi connectivity index (χ4n) is 4.58. The van der Waals surface area contributed by atoms with Crippen LogP contribution in [0.15, 0.2) is 77.7 Å². The van der Waals surface area contributed by atoms with Crippen LogP contribution in [0.4, 0.5) is 17.1 Å². The number of carbonyl (C=O) groups is 4. The molecule has 1 aliphatic rings. The number of sulfonamides is 1. The van der Waals surface area contributed by atoms with Crippen molar-refractivity contribution in [2.24, 2.45) is 0 Å². The summed E-state index contributed by atoms with van der Waals surface area (Å²) in [4.78, 5) is 47.7. The normalized spacial score (nSPS) is 14.8. The maximum atomic E-state index is 13.7. The van der Waals surface area contributed by atoms with Crippen molar-refractivity contribution in [1.82, 2.24) is 4.31 Å². The molecule has 3 amide bonds. The highest BCUT2D eigenvalue weighted by atomic mass is 32.2. The van der Waals surface area contributed by atoms with Crippen molar-refractivity contribution in [3.8, 4) is 0 Å². The van der Waals surface area contributed by atoms with Crippen molar-refractivity contribution in [3.63, 3.8) is 0 Å². The molecule has 1 heterocycles. The first kappa shape index (κ1) is 29.4. The molecule has 11 nitrogen and oxygen atoms in total. The van der Waals surface area contributed by atoms with Crippen LogP contribution >= 0.6 is 0 Å². The summed E-state index contributed by atoms with van der Waals surface area (Å²) in [6.07, 6.45) is 0.174. The van der Waals surface area contributed by atoms with Gasteiger partial charge in [0.2, 0.25) is 21.8 Å². The number of carbonyl (C=O) groups excluding carboxylic acids is 4. The van der Waals surface area contributed by atoms with Crippen molar-refractivity contribution in [1.29, 1.82) is 0 Å². The number of fused-ring (bicyclic) bond motifs is 1. The molecule has 0 radical (unpaired) electrons. The van der Waals surface area contributed by atoms with E-state index in [0.29, 0.717) is 29.0 Å². The second-order valence-electron chi connectivity index (χ2n) is 9.46. The summed E-state index contributed by atoms with van der Waals surface area (Å²) in [5, 5.41) is 7.83. The highest BCUT2D eigenvalue weighted by molar-refractivity contribution is 7.89. The van der Waals surface area contributed by atoms with Crippen LogP contribution in [0.3, 0.4) is 0 Å². The van der Waals surface area contributed by atoms with E-state index >= 15 is 0 Å². The number of rotatable bonds is 9. The SMILES string of the molecule is CC(=O)Nc1ccc(NC(=O)COC(=O)CC2c3ccccc3CCN2S(=O)(=O)c2ccc(NC(C)=O)cc2)cc1. The highest BCUT2D eigenvalue weighted by Gasteiger charge is 2.38. The number of hydrogen-bond donors (Lipinski definition) is 3. The summed E-state index contributed by atoms with van der Waals surface area (Å²) in [5.41, 5.74) is 3.10. The zero-order valence-electron chi connectivity index (χ0n) is 22.5. The van der Waals surface area contributed by atoms with Gasteiger partial charge in [0, 0.05) is 37.5 Å². The number of nitrogens with one attached hydrogen (secondary N) is 3.